The number of rotatable bonds is 0. The minimum absolute atomic E-state index is 1.27. The molecule has 0 spiro atoms. The van der Waals surface area contributed by atoms with Gasteiger partial charge in [-0.3, -0.25) is 27.4 Å². The Balaban J connectivity index is -0.0000000878. The van der Waals surface area contributed by atoms with Gasteiger partial charge in [0.15, 0.2) is 0 Å². The zero-order valence-electron chi connectivity index (χ0n) is 29.3. The maximum Gasteiger partial charge on any atom is 0.466 e. The molecule has 364 valence electrons. The van der Waals surface area contributed by atoms with Crippen LogP contribution >= 0.6 is 62.6 Å². The van der Waals surface area contributed by atoms with Gasteiger partial charge < -0.3 is 149 Å². The fourth-order valence-electron chi connectivity index (χ4n) is 2.28. The second kappa shape index (κ2) is 41.6. The van der Waals surface area contributed by atoms with Crippen LogP contribution in [0.2, 0.25) is 0 Å². The van der Waals surface area contributed by atoms with Crippen molar-refractivity contribution in [3.63, 3.8) is 0 Å². The molecule has 0 atom stereocenters. The first-order chi connectivity index (χ1) is 25.0. The fraction of sp³-hybridized carbons (Fsp3) is 1.00. The molecule has 46 heteroatoms. The van der Waals surface area contributed by atoms with Crippen molar-refractivity contribution in [3.8, 4) is 0 Å². The molecule has 0 saturated carbocycles. The van der Waals surface area contributed by atoms with E-state index in [0.717, 1.165) is 0 Å². The lowest BCUT2D eigenvalue weighted by atomic mass is 10.4. The van der Waals surface area contributed by atoms with Crippen LogP contribution < -0.4 is 61.3 Å². The van der Waals surface area contributed by atoms with Crippen molar-refractivity contribution in [3.05, 3.63) is 0 Å². The van der Waals surface area contributed by atoms with Gasteiger partial charge in [0, 0.05) is 0 Å². The summed E-state index contributed by atoms with van der Waals surface area (Å²) in [5.74, 6) is 0. The molecule has 1 rings (SSSR count). The SMILES string of the molecule is C1C[NH2+]CC[NH2+]CC[NH2+]CC[NH2+]CC[NH2+]CC[NH2+]1.O=P(O)(O)O.O=P(O)(O)O.O=P([O-])(O)O.O=P([O-])(O)O.O=P([O-])(O)O.O=P([O-])(O)O.O=P([O-])(O)O.O=P([O-])(O)O. The summed E-state index contributed by atoms with van der Waals surface area (Å²) in [6, 6.07) is 0. The van der Waals surface area contributed by atoms with Crippen molar-refractivity contribution in [2.24, 2.45) is 0 Å². The second-order valence-corrected chi connectivity index (χ2v) is 17.1. The van der Waals surface area contributed by atoms with Crippen molar-refractivity contribution < 1.29 is 186 Å². The Morgan fingerprint density at radius 3 is 0.293 bits per heavy atom. The van der Waals surface area contributed by atoms with Crippen molar-refractivity contribution in [1.82, 2.24) is 0 Å². The summed E-state index contributed by atoms with van der Waals surface area (Å²) >= 11 is 0. The topological polar surface area (TPSA) is 739 Å². The highest BCUT2D eigenvalue weighted by Gasteiger charge is 2.02. The lowest BCUT2D eigenvalue weighted by Gasteiger charge is -2.04. The van der Waals surface area contributed by atoms with Gasteiger partial charge in [-0.2, -0.15) is 0 Å². The fourth-order valence-corrected chi connectivity index (χ4v) is 2.28. The Hall–Kier alpha value is 0.640. The van der Waals surface area contributed by atoms with Crippen molar-refractivity contribution >= 4 is 62.6 Å². The highest BCUT2D eigenvalue weighted by Crippen LogP contribution is 2.26. The molecule has 1 aliphatic rings. The summed E-state index contributed by atoms with van der Waals surface area (Å²) in [5, 5.41) is 14.7. The number of hydrogen-bond acceptors (Lipinski definition) is 14. The van der Waals surface area contributed by atoms with Crippen LogP contribution in [0.15, 0.2) is 0 Å². The van der Waals surface area contributed by atoms with Crippen LogP contribution in [0.4, 0.5) is 0 Å². The number of phosphoric acid groups is 8. The van der Waals surface area contributed by atoms with E-state index in [2.05, 4.69) is 31.9 Å². The quantitative estimate of drug-likeness (QED) is 0.100. The van der Waals surface area contributed by atoms with E-state index in [9.17, 15) is 0 Å². The van der Waals surface area contributed by atoms with E-state index in [1.54, 1.807) is 0 Å². The van der Waals surface area contributed by atoms with Gasteiger partial charge in [-0.1, -0.05) is 0 Å². The molecule has 0 unspecified atom stereocenters. The predicted octanol–water partition coefficient (Wildman–Crippen LogP) is -19.8. The van der Waals surface area contributed by atoms with Gasteiger partial charge in [0.25, 0.3) is 46.9 Å². The molecule has 1 fully saturated rings. The third-order valence-electron chi connectivity index (χ3n) is 3.45. The minimum Gasteiger partial charge on any atom is -0.756 e. The summed E-state index contributed by atoms with van der Waals surface area (Å²) in [6.07, 6.45) is 0. The van der Waals surface area contributed by atoms with Gasteiger partial charge in [-0.15, -0.1) is 0 Å². The Morgan fingerprint density at radius 2 is 0.259 bits per heavy atom. The monoisotopic (exact) mass is 1040 g/mol. The van der Waals surface area contributed by atoms with Crippen molar-refractivity contribution in [2.75, 3.05) is 78.5 Å². The average molecular weight is 1040 g/mol. The third kappa shape index (κ3) is 505. The summed E-state index contributed by atoms with van der Waals surface area (Å²) in [7, 11) is -38.6. The van der Waals surface area contributed by atoms with Crippen LogP contribution in [-0.2, 0) is 36.5 Å². The summed E-state index contributed by atoms with van der Waals surface area (Å²) in [6.45, 7) is 15.3. The van der Waals surface area contributed by atoms with E-state index in [1.165, 1.54) is 78.5 Å². The Kier molecular flexibility index (Phi) is 54.5. The average Bonchev–Trinajstić information content (AvgIpc) is 2.81. The molecule has 1 aliphatic heterocycles. The molecule has 30 N–H and O–H groups in total. The van der Waals surface area contributed by atoms with Crippen molar-refractivity contribution in [1.29, 1.82) is 0 Å². The highest BCUT2D eigenvalue weighted by atomic mass is 31.2. The molecule has 0 radical (unpaired) electrons. The molecule has 0 aromatic carbocycles. The first-order valence-electron chi connectivity index (χ1n) is 14.1. The highest BCUT2D eigenvalue weighted by molar-refractivity contribution is 7.45. The van der Waals surface area contributed by atoms with E-state index in [0.29, 0.717) is 0 Å². The molecular weight excluding hydrogens is 988 g/mol. The number of nitrogens with two attached hydrogens (primary N) is 6. The van der Waals surface area contributed by atoms with Crippen LogP contribution in [-0.4, -0.2) is 167 Å². The summed E-state index contributed by atoms with van der Waals surface area (Å²) in [4.78, 5) is 181. The van der Waals surface area contributed by atoms with Gasteiger partial charge >= 0.3 is 15.6 Å². The maximum absolute atomic E-state index is 8.88. The van der Waals surface area contributed by atoms with Crippen LogP contribution in [0.25, 0.3) is 0 Å². The molecule has 1 saturated heterocycles. The third-order valence-corrected chi connectivity index (χ3v) is 3.45. The lowest BCUT2D eigenvalue weighted by Crippen LogP contribution is -3.04. The zero-order chi connectivity index (χ0) is 48.7. The summed E-state index contributed by atoms with van der Waals surface area (Å²) in [5.41, 5.74) is 0. The first-order valence-corrected chi connectivity index (χ1v) is 26.4. The number of quaternary nitrogens is 6. The second-order valence-electron chi connectivity index (χ2n) is 9.17. The Labute approximate surface area is 327 Å². The Morgan fingerprint density at radius 1 is 0.224 bits per heavy atom. The summed E-state index contributed by atoms with van der Waals surface area (Å²) < 4.78 is 70.4. The molecule has 0 aromatic heterocycles. The predicted molar refractivity (Wildman–Crippen MR) is 171 cm³/mol. The molecule has 1 heterocycles. The standard InChI is InChI=1S/C12H30N6.8H3O4P/c1-2-14-5-6-16-9-10-18-12-11-17-8-7-15-4-3-13-1;8*1-5(2,3)4/h13-18H,1-12H2;8*(H3,1,2,3,4). The van der Waals surface area contributed by atoms with E-state index in [1.807, 2.05) is 0 Å². The molecule has 0 amide bonds. The van der Waals surface area contributed by atoms with Crippen molar-refractivity contribution in [2.45, 2.75) is 0 Å². The van der Waals surface area contributed by atoms with Crippen LogP contribution in [0, 0.1) is 0 Å². The molecule has 0 bridgehead atoms. The van der Waals surface area contributed by atoms with Gasteiger partial charge in [0.2, 0.25) is 0 Å². The van der Waals surface area contributed by atoms with E-state index < -0.39 is 62.6 Å². The molecule has 0 aromatic rings. The van der Waals surface area contributed by atoms with Gasteiger partial charge in [-0.25, -0.2) is 9.13 Å². The zero-order valence-corrected chi connectivity index (χ0v) is 36.4. The number of hydrogen-bond donors (Lipinski definition) is 24. The van der Waals surface area contributed by atoms with Crippen LogP contribution in [0.1, 0.15) is 0 Å². The Bertz CT molecular complexity index is 917. The molecule has 58 heavy (non-hydrogen) atoms. The van der Waals surface area contributed by atoms with Crippen LogP contribution in [0.5, 0.6) is 0 Å². The minimum atomic E-state index is -4.89. The molecular formula is C12H54N6O32P8. The van der Waals surface area contributed by atoms with E-state index in [4.69, 9.17) is 154 Å². The van der Waals surface area contributed by atoms with Crippen LogP contribution in [0.3, 0.4) is 0 Å². The maximum atomic E-state index is 8.88. The van der Waals surface area contributed by atoms with E-state index >= 15 is 0 Å². The largest absolute Gasteiger partial charge is 0.756 e. The normalized spacial score (nSPS) is 15.6. The first kappa shape index (κ1) is 76.0. The molecule has 38 nitrogen and oxygen atoms in total. The molecule has 0 aliphatic carbocycles. The van der Waals surface area contributed by atoms with Gasteiger partial charge in [0.05, 0.1) is 0 Å². The lowest BCUT2D eigenvalue weighted by molar-refractivity contribution is -0.787. The smallest absolute Gasteiger partial charge is 0.466 e. The van der Waals surface area contributed by atoms with Gasteiger partial charge in [-0.05, 0) is 0 Å². The van der Waals surface area contributed by atoms with E-state index in [-0.39, 0.29) is 0 Å². The van der Waals surface area contributed by atoms with Gasteiger partial charge in [0.1, 0.15) is 78.5 Å².